The summed E-state index contributed by atoms with van der Waals surface area (Å²) >= 11 is 0. The van der Waals surface area contributed by atoms with Crippen molar-refractivity contribution in [2.75, 3.05) is 0 Å². The molecule has 4 fully saturated rings. The molecule has 218 valence electrons. The highest BCUT2D eigenvalue weighted by molar-refractivity contribution is 5.69. The number of unbranched alkanes of at least 4 members (excludes halogenated alkanes) is 5. The normalized spacial score (nSPS) is 41.0. The molecule has 38 heavy (non-hydrogen) atoms. The summed E-state index contributed by atoms with van der Waals surface area (Å²) in [5, 5.41) is 20.9. The van der Waals surface area contributed by atoms with Crippen molar-refractivity contribution in [3.8, 4) is 0 Å². The van der Waals surface area contributed by atoms with Crippen molar-refractivity contribution < 1.29 is 24.5 Å². The average Bonchev–Trinajstić information content (AvgIpc) is 3.24. The maximum atomic E-state index is 12.6. The summed E-state index contributed by atoms with van der Waals surface area (Å²) < 4.78 is 6.01. The fourth-order valence-corrected chi connectivity index (χ4v) is 10.1. The maximum absolute atomic E-state index is 12.6. The van der Waals surface area contributed by atoms with E-state index in [1.807, 2.05) is 0 Å². The van der Waals surface area contributed by atoms with Gasteiger partial charge in [0.15, 0.2) is 0 Å². The molecule has 4 aliphatic carbocycles. The Hall–Kier alpha value is -1.10. The second-order valence-corrected chi connectivity index (χ2v) is 14.3. The number of carboxylic acid groups (broad SMARTS) is 1. The van der Waals surface area contributed by atoms with Gasteiger partial charge >= 0.3 is 11.9 Å². The summed E-state index contributed by atoms with van der Waals surface area (Å²) in [6.07, 6.45) is 17.1. The fraction of sp³-hybridized carbons (Fsp3) is 0.939. The van der Waals surface area contributed by atoms with Crippen LogP contribution in [0.3, 0.4) is 0 Å². The van der Waals surface area contributed by atoms with E-state index in [1.54, 1.807) is 0 Å². The SMILES string of the molecule is CCCCCCCCC(=O)OC1CCC2(C)C(CCC3C2CC(O)C2(C)C(C(C)CCC(=O)O)CCC32)C1. The summed E-state index contributed by atoms with van der Waals surface area (Å²) in [4.78, 5) is 23.8. The van der Waals surface area contributed by atoms with E-state index in [2.05, 4.69) is 27.7 Å². The molecular formula is C33H56O5. The minimum Gasteiger partial charge on any atom is -0.481 e. The zero-order chi connectivity index (χ0) is 27.5. The fourth-order valence-electron chi connectivity index (χ4n) is 10.1. The number of aliphatic hydroxyl groups excluding tert-OH is 1. The van der Waals surface area contributed by atoms with Crippen molar-refractivity contribution in [3.63, 3.8) is 0 Å². The van der Waals surface area contributed by atoms with Crippen LogP contribution in [0.4, 0.5) is 0 Å². The first kappa shape index (κ1) is 29.9. The molecule has 10 atom stereocenters. The van der Waals surface area contributed by atoms with Gasteiger partial charge in [0.2, 0.25) is 0 Å². The van der Waals surface area contributed by atoms with Gasteiger partial charge in [-0.1, -0.05) is 59.8 Å². The lowest BCUT2D eigenvalue weighted by Crippen LogP contribution is -2.59. The van der Waals surface area contributed by atoms with E-state index in [0.717, 1.165) is 44.9 Å². The van der Waals surface area contributed by atoms with Crippen molar-refractivity contribution >= 4 is 11.9 Å². The van der Waals surface area contributed by atoms with Crippen LogP contribution in [0, 0.1) is 46.3 Å². The highest BCUT2D eigenvalue weighted by atomic mass is 16.5. The summed E-state index contributed by atoms with van der Waals surface area (Å²) in [6, 6.07) is 0. The second kappa shape index (κ2) is 12.6. The summed E-state index contributed by atoms with van der Waals surface area (Å²) in [5.41, 5.74) is 0.131. The molecule has 0 saturated heterocycles. The van der Waals surface area contributed by atoms with Gasteiger partial charge in [0.25, 0.3) is 0 Å². The van der Waals surface area contributed by atoms with Crippen LogP contribution in [-0.4, -0.2) is 34.4 Å². The number of carboxylic acids is 1. The van der Waals surface area contributed by atoms with Gasteiger partial charge in [-0.05, 0) is 111 Å². The zero-order valence-corrected chi connectivity index (χ0v) is 24.8. The van der Waals surface area contributed by atoms with E-state index in [9.17, 15) is 19.8 Å². The first-order chi connectivity index (χ1) is 18.1. The first-order valence-corrected chi connectivity index (χ1v) is 16.2. The van der Waals surface area contributed by atoms with Crippen LogP contribution >= 0.6 is 0 Å². The lowest BCUT2D eigenvalue weighted by molar-refractivity contribution is -0.181. The van der Waals surface area contributed by atoms with Crippen molar-refractivity contribution in [1.82, 2.24) is 0 Å². The number of carbonyl (C=O) groups excluding carboxylic acids is 1. The van der Waals surface area contributed by atoms with Crippen molar-refractivity contribution in [2.24, 2.45) is 46.3 Å². The Labute approximate surface area is 231 Å². The number of hydrogen-bond donors (Lipinski definition) is 2. The Bertz CT molecular complexity index is 811. The lowest BCUT2D eigenvalue weighted by Gasteiger charge is -2.62. The van der Waals surface area contributed by atoms with Crippen molar-refractivity contribution in [1.29, 1.82) is 0 Å². The number of rotatable bonds is 12. The Morgan fingerprint density at radius 2 is 1.66 bits per heavy atom. The molecule has 10 unspecified atom stereocenters. The van der Waals surface area contributed by atoms with Gasteiger partial charge in [-0.15, -0.1) is 0 Å². The Balaban J connectivity index is 1.33. The minimum atomic E-state index is -0.712. The first-order valence-electron chi connectivity index (χ1n) is 16.2. The van der Waals surface area contributed by atoms with Crippen LogP contribution in [0.2, 0.25) is 0 Å². The quantitative estimate of drug-likeness (QED) is 0.198. The van der Waals surface area contributed by atoms with Crippen LogP contribution in [0.25, 0.3) is 0 Å². The minimum absolute atomic E-state index is 0.000603. The molecule has 0 bridgehead atoms. The number of aliphatic carboxylic acids is 1. The number of aliphatic hydroxyl groups is 1. The van der Waals surface area contributed by atoms with Gasteiger partial charge in [0.1, 0.15) is 6.10 Å². The molecule has 0 aromatic heterocycles. The maximum Gasteiger partial charge on any atom is 0.306 e. The van der Waals surface area contributed by atoms with Gasteiger partial charge in [0, 0.05) is 12.8 Å². The van der Waals surface area contributed by atoms with Gasteiger partial charge in [-0.25, -0.2) is 0 Å². The Morgan fingerprint density at radius 1 is 0.921 bits per heavy atom. The van der Waals surface area contributed by atoms with Gasteiger partial charge in [-0.2, -0.15) is 0 Å². The molecule has 0 amide bonds. The van der Waals surface area contributed by atoms with Crippen molar-refractivity contribution in [3.05, 3.63) is 0 Å². The summed E-state index contributed by atoms with van der Waals surface area (Å²) in [7, 11) is 0. The molecule has 5 nitrogen and oxygen atoms in total. The summed E-state index contributed by atoms with van der Waals surface area (Å²) in [6.45, 7) is 9.26. The predicted molar refractivity (Wildman–Crippen MR) is 151 cm³/mol. The average molecular weight is 533 g/mol. The molecule has 4 saturated carbocycles. The van der Waals surface area contributed by atoms with E-state index < -0.39 is 5.97 Å². The third-order valence-corrected chi connectivity index (χ3v) is 12.3. The van der Waals surface area contributed by atoms with E-state index in [1.165, 1.54) is 44.9 Å². The van der Waals surface area contributed by atoms with E-state index in [4.69, 9.17) is 4.74 Å². The smallest absolute Gasteiger partial charge is 0.306 e. The predicted octanol–water partition coefficient (Wildman–Crippen LogP) is 7.78. The molecular weight excluding hydrogens is 476 g/mol. The molecule has 2 N–H and O–H groups in total. The van der Waals surface area contributed by atoms with Gasteiger partial charge < -0.3 is 14.9 Å². The topological polar surface area (TPSA) is 83.8 Å². The van der Waals surface area contributed by atoms with E-state index >= 15 is 0 Å². The number of esters is 1. The number of ether oxygens (including phenoxy) is 1. The third-order valence-electron chi connectivity index (χ3n) is 12.3. The van der Waals surface area contributed by atoms with Crippen LogP contribution in [-0.2, 0) is 14.3 Å². The Morgan fingerprint density at radius 3 is 2.39 bits per heavy atom. The van der Waals surface area contributed by atoms with Crippen LogP contribution in [0.5, 0.6) is 0 Å². The molecule has 0 radical (unpaired) electrons. The van der Waals surface area contributed by atoms with E-state index in [-0.39, 0.29) is 35.4 Å². The largest absolute Gasteiger partial charge is 0.481 e. The molecule has 0 heterocycles. The highest BCUT2D eigenvalue weighted by Crippen LogP contribution is 2.68. The number of carbonyl (C=O) groups is 2. The van der Waals surface area contributed by atoms with Crippen LogP contribution < -0.4 is 0 Å². The standard InChI is InChI=1S/C33H56O5/c1-5-6-7-8-9-10-11-31(37)38-24-18-19-32(3)23(20-24)13-14-25-27-16-15-26(22(2)12-17-30(35)36)33(27,4)29(34)21-28(25)32/h22-29,34H,5-21H2,1-4H3,(H,35,36). The monoisotopic (exact) mass is 532 g/mol. The lowest BCUT2D eigenvalue weighted by atomic mass is 9.43. The third kappa shape index (κ3) is 5.98. The molecule has 0 spiro atoms. The number of hydrogen-bond acceptors (Lipinski definition) is 4. The van der Waals surface area contributed by atoms with E-state index in [0.29, 0.717) is 48.3 Å². The molecule has 0 aromatic rings. The molecule has 0 aromatic carbocycles. The molecule has 4 aliphatic rings. The summed E-state index contributed by atoms with van der Waals surface area (Å²) in [5.74, 6) is 2.36. The number of fused-ring (bicyclic) bond motifs is 5. The zero-order valence-electron chi connectivity index (χ0n) is 24.8. The van der Waals surface area contributed by atoms with Crippen molar-refractivity contribution in [2.45, 2.75) is 149 Å². The Kier molecular flexibility index (Phi) is 9.91. The molecule has 5 heteroatoms. The molecule has 4 rings (SSSR count). The molecule has 0 aliphatic heterocycles. The second-order valence-electron chi connectivity index (χ2n) is 14.3. The van der Waals surface area contributed by atoms with Crippen LogP contribution in [0.1, 0.15) is 137 Å². The highest BCUT2D eigenvalue weighted by Gasteiger charge is 2.63. The van der Waals surface area contributed by atoms with Gasteiger partial charge in [0.05, 0.1) is 6.10 Å². The van der Waals surface area contributed by atoms with Gasteiger partial charge in [-0.3, -0.25) is 9.59 Å². The van der Waals surface area contributed by atoms with Crippen LogP contribution in [0.15, 0.2) is 0 Å².